The van der Waals surface area contributed by atoms with Gasteiger partial charge in [-0.05, 0) is 34.4 Å². The molecule has 0 saturated carbocycles. The second kappa shape index (κ2) is 11.4. The van der Waals surface area contributed by atoms with Crippen LogP contribution in [0.25, 0.3) is 11.6 Å². The van der Waals surface area contributed by atoms with E-state index in [1.807, 2.05) is 18.2 Å². The molecule has 0 N–H and O–H groups in total. The quantitative estimate of drug-likeness (QED) is 0.253. The third kappa shape index (κ3) is 4.96. The molecule has 0 aliphatic heterocycles. The van der Waals surface area contributed by atoms with Gasteiger partial charge in [0.15, 0.2) is 0 Å². The van der Waals surface area contributed by atoms with Gasteiger partial charge in [-0.1, -0.05) is 107 Å². The van der Waals surface area contributed by atoms with Gasteiger partial charge in [-0.25, -0.2) is 9.34 Å². The van der Waals surface area contributed by atoms with Crippen molar-refractivity contribution in [1.29, 1.82) is 0 Å². The molecule has 0 bridgehead atoms. The summed E-state index contributed by atoms with van der Waals surface area (Å²) in [6.07, 6.45) is 2.21. The Hall–Kier alpha value is -2.45. The molecule has 3 rings (SSSR count). The highest BCUT2D eigenvalue weighted by molar-refractivity contribution is 7.67. The summed E-state index contributed by atoms with van der Waals surface area (Å²) in [4.78, 5) is 0. The number of hydrogen-bond acceptors (Lipinski definition) is 1. The lowest BCUT2D eigenvalue weighted by Gasteiger charge is -2.39. The van der Waals surface area contributed by atoms with Crippen molar-refractivity contribution in [2.45, 2.75) is 27.7 Å². The predicted octanol–water partition coefficient (Wildman–Crippen LogP) is 6.78. The maximum absolute atomic E-state index is 15.0. The summed E-state index contributed by atoms with van der Waals surface area (Å²) in [6, 6.07) is 29.0. The van der Waals surface area contributed by atoms with E-state index in [2.05, 4.69) is 110 Å². The van der Waals surface area contributed by atoms with Gasteiger partial charge in [0.05, 0.1) is 0 Å². The first-order chi connectivity index (χ1) is 15.6. The van der Waals surface area contributed by atoms with Gasteiger partial charge < -0.3 is 0 Å². The Bertz CT molecular complexity index is 1040. The molecule has 0 amide bonds. The molecule has 3 aromatic rings. The average Bonchev–Trinajstić information content (AvgIpc) is 2.85. The normalized spacial score (nSPS) is 12.5. The second-order valence-electron chi connectivity index (χ2n) is 7.67. The molecule has 0 aliphatic carbocycles. The third-order valence-electron chi connectivity index (χ3n) is 5.93. The molecule has 0 unspecified atom stereocenters. The van der Waals surface area contributed by atoms with Crippen LogP contribution in [0.5, 0.6) is 0 Å². The third-order valence-corrected chi connectivity index (χ3v) is 9.61. The fourth-order valence-corrected chi connectivity index (χ4v) is 7.59. The van der Waals surface area contributed by atoms with Crippen molar-refractivity contribution >= 4 is 24.4 Å². The monoisotopic (exact) mass is 446 g/mol. The van der Waals surface area contributed by atoms with E-state index in [1.54, 1.807) is 0 Å². The first kappa shape index (κ1) is 24.2. The van der Waals surface area contributed by atoms with E-state index in [0.717, 1.165) is 53.7 Å². The van der Waals surface area contributed by atoms with E-state index in [1.165, 1.54) is 0 Å². The lowest BCUT2D eigenvalue weighted by atomic mass is 9.95. The highest BCUT2D eigenvalue weighted by atomic mass is 31.2. The minimum absolute atomic E-state index is 0.738. The zero-order chi connectivity index (χ0) is 23.0. The van der Waals surface area contributed by atoms with Crippen LogP contribution in [0.2, 0.25) is 0 Å². The van der Waals surface area contributed by atoms with Crippen molar-refractivity contribution in [2.75, 3.05) is 26.2 Å². The molecule has 0 radical (unpaired) electrons. The Balaban J connectivity index is 2.31. The summed E-state index contributed by atoms with van der Waals surface area (Å²) in [6.45, 7) is 11.3. The van der Waals surface area contributed by atoms with Crippen molar-refractivity contribution < 1.29 is 4.57 Å². The Morgan fingerprint density at radius 1 is 0.688 bits per heavy atom. The van der Waals surface area contributed by atoms with Gasteiger partial charge in [-0.15, -0.1) is 0 Å². The van der Waals surface area contributed by atoms with Gasteiger partial charge in [0.25, 0.3) is 0 Å². The molecule has 168 valence electrons. The van der Waals surface area contributed by atoms with Gasteiger partial charge in [0.1, 0.15) is 0 Å². The second-order valence-corrected chi connectivity index (χ2v) is 10.4. The van der Waals surface area contributed by atoms with E-state index in [-0.39, 0.29) is 0 Å². The zero-order valence-corrected chi connectivity index (χ0v) is 20.6. The average molecular weight is 447 g/mol. The van der Waals surface area contributed by atoms with Gasteiger partial charge in [-0.2, -0.15) is 0 Å². The maximum atomic E-state index is 15.0. The number of nitrogens with zero attached hydrogens (tertiary/aromatic N) is 2. The molecule has 3 nitrogen and oxygen atoms in total. The van der Waals surface area contributed by atoms with Crippen LogP contribution in [0.3, 0.4) is 0 Å². The minimum Gasteiger partial charge on any atom is -0.283 e. The van der Waals surface area contributed by atoms with Crippen LogP contribution >= 0.6 is 7.44 Å². The summed E-state index contributed by atoms with van der Waals surface area (Å²) >= 11 is 0. The van der Waals surface area contributed by atoms with E-state index in [9.17, 15) is 4.57 Å². The summed E-state index contributed by atoms with van der Waals surface area (Å²) in [5.74, 6) is 0. The summed E-state index contributed by atoms with van der Waals surface area (Å²) in [5, 5.41) is 0.915. The van der Waals surface area contributed by atoms with Gasteiger partial charge in [0.2, 0.25) is 7.44 Å². The molecule has 0 fully saturated rings. The number of hydrogen-bond donors (Lipinski definition) is 0. The molecular weight excluding hydrogens is 411 g/mol. The minimum atomic E-state index is -2.98. The molecule has 4 heteroatoms. The largest absolute Gasteiger partial charge is 0.283 e. The fourth-order valence-electron chi connectivity index (χ4n) is 4.30. The Morgan fingerprint density at radius 2 is 1.16 bits per heavy atom. The van der Waals surface area contributed by atoms with Crippen molar-refractivity contribution in [3.63, 3.8) is 0 Å². The standard InChI is InChI=1S/C28H35N2OP/c1-5-29(6-2)32(31,30(7-3)8-4)28-22-16-15-21-26(28)27(25-19-13-10-14-20-25)23-24-17-11-9-12-18-24/h9-23H,5-8H2,1-4H3/b27-23+. The van der Waals surface area contributed by atoms with Crippen molar-refractivity contribution in [2.24, 2.45) is 0 Å². The van der Waals surface area contributed by atoms with Crippen LogP contribution < -0.4 is 5.30 Å². The summed E-state index contributed by atoms with van der Waals surface area (Å²) < 4.78 is 19.3. The van der Waals surface area contributed by atoms with Crippen LogP contribution in [-0.2, 0) is 4.57 Å². The molecule has 0 spiro atoms. The number of rotatable bonds is 10. The molecule has 0 heterocycles. The van der Waals surface area contributed by atoms with Gasteiger partial charge in [0, 0.05) is 31.5 Å². The van der Waals surface area contributed by atoms with Crippen LogP contribution in [0.15, 0.2) is 84.9 Å². The first-order valence-corrected chi connectivity index (χ1v) is 13.2. The van der Waals surface area contributed by atoms with Crippen molar-refractivity contribution in [3.05, 3.63) is 102 Å². The Kier molecular flexibility index (Phi) is 8.64. The molecule has 0 saturated heterocycles. The molecular formula is C28H35N2OP. The Labute approximate surface area is 193 Å². The molecule has 32 heavy (non-hydrogen) atoms. The highest BCUT2D eigenvalue weighted by Crippen LogP contribution is 2.53. The molecule has 0 aromatic heterocycles. The topological polar surface area (TPSA) is 23.6 Å². The Morgan fingerprint density at radius 3 is 1.69 bits per heavy atom. The zero-order valence-electron chi connectivity index (χ0n) is 19.7. The highest BCUT2D eigenvalue weighted by Gasteiger charge is 2.38. The smallest absolute Gasteiger partial charge is 0.246 e. The van der Waals surface area contributed by atoms with Crippen molar-refractivity contribution in [1.82, 2.24) is 9.34 Å². The van der Waals surface area contributed by atoms with E-state index in [4.69, 9.17) is 0 Å². The van der Waals surface area contributed by atoms with E-state index >= 15 is 0 Å². The van der Waals surface area contributed by atoms with Crippen LogP contribution in [0, 0.1) is 0 Å². The van der Waals surface area contributed by atoms with Crippen molar-refractivity contribution in [3.8, 4) is 0 Å². The maximum Gasteiger partial charge on any atom is 0.246 e. The summed E-state index contributed by atoms with van der Waals surface area (Å²) in [5.41, 5.74) is 4.37. The van der Waals surface area contributed by atoms with E-state index < -0.39 is 7.44 Å². The first-order valence-electron chi connectivity index (χ1n) is 11.6. The van der Waals surface area contributed by atoms with Crippen LogP contribution in [0.4, 0.5) is 0 Å². The lowest BCUT2D eigenvalue weighted by molar-refractivity contribution is 0.369. The predicted molar refractivity (Wildman–Crippen MR) is 139 cm³/mol. The molecule has 0 aliphatic rings. The van der Waals surface area contributed by atoms with Gasteiger partial charge >= 0.3 is 0 Å². The SMILES string of the molecule is CCN(CC)P(=O)(c1ccccc1/C(=C/c1ccccc1)c1ccccc1)N(CC)CC. The molecule has 3 aromatic carbocycles. The van der Waals surface area contributed by atoms with E-state index in [0.29, 0.717) is 0 Å². The van der Waals surface area contributed by atoms with Gasteiger partial charge in [-0.3, -0.25) is 4.57 Å². The fraction of sp³-hybridized carbons (Fsp3) is 0.286. The van der Waals surface area contributed by atoms with Crippen LogP contribution in [-0.4, -0.2) is 35.5 Å². The van der Waals surface area contributed by atoms with Crippen LogP contribution in [0.1, 0.15) is 44.4 Å². The lowest BCUT2D eigenvalue weighted by Crippen LogP contribution is -2.38. The summed E-state index contributed by atoms with van der Waals surface area (Å²) in [7, 11) is -2.98. The number of benzene rings is 3. The molecule has 0 atom stereocenters.